The average Bonchev–Trinajstić information content (AvgIpc) is 3.21. The molecule has 0 aliphatic heterocycles. The van der Waals surface area contributed by atoms with Crippen LogP contribution in [0.15, 0.2) is 103 Å². The fourth-order valence-corrected chi connectivity index (χ4v) is 4.41. The van der Waals surface area contributed by atoms with Crippen molar-refractivity contribution in [1.29, 1.82) is 0 Å². The standard InChI is InChI=1S/C31H30N4O4/c1-5-30(36)33-22-8-6-9-23(17-22)34-27-14-15-32-19-28(27)35(31(34)37)24-12-13-29(21(4)16-24)39-26-11-7-10-25(18-26)38-20(2)3/h5-20,30,33,36H,1H2,2-4H3. The second-order valence-electron chi connectivity index (χ2n) is 9.39. The van der Waals surface area contributed by atoms with Gasteiger partial charge in [-0.3, -0.25) is 14.1 Å². The Labute approximate surface area is 226 Å². The van der Waals surface area contributed by atoms with E-state index in [4.69, 9.17) is 9.47 Å². The molecule has 0 aliphatic carbocycles. The number of nitrogens with one attached hydrogen (secondary N) is 1. The Morgan fingerprint density at radius 3 is 2.46 bits per heavy atom. The number of nitrogens with zero attached hydrogens (tertiary/aromatic N) is 3. The number of aliphatic hydroxyl groups is 1. The van der Waals surface area contributed by atoms with Crippen LogP contribution < -0.4 is 20.5 Å². The average molecular weight is 523 g/mol. The van der Waals surface area contributed by atoms with Gasteiger partial charge in [0, 0.05) is 18.0 Å². The number of aryl methyl sites for hydroxylation is 1. The molecule has 0 bridgehead atoms. The Morgan fingerprint density at radius 2 is 1.69 bits per heavy atom. The molecule has 2 N–H and O–H groups in total. The topological polar surface area (TPSA) is 90.5 Å². The van der Waals surface area contributed by atoms with Crippen LogP contribution in [0.2, 0.25) is 0 Å². The minimum atomic E-state index is -0.906. The molecule has 3 aromatic carbocycles. The molecule has 5 rings (SSSR count). The number of rotatable bonds is 9. The van der Waals surface area contributed by atoms with Gasteiger partial charge < -0.3 is 19.9 Å². The van der Waals surface area contributed by atoms with Crippen molar-refractivity contribution in [1.82, 2.24) is 14.1 Å². The van der Waals surface area contributed by atoms with E-state index in [0.29, 0.717) is 39.6 Å². The summed E-state index contributed by atoms with van der Waals surface area (Å²) in [6, 6.07) is 22.2. The molecule has 2 heterocycles. The second kappa shape index (κ2) is 10.9. The number of aliphatic hydroxyl groups excluding tert-OH is 1. The third-order valence-corrected chi connectivity index (χ3v) is 6.11. The summed E-state index contributed by atoms with van der Waals surface area (Å²) in [7, 11) is 0. The lowest BCUT2D eigenvalue weighted by molar-refractivity contribution is 0.241. The van der Waals surface area contributed by atoms with Gasteiger partial charge in [0.1, 0.15) is 23.5 Å². The molecule has 0 spiro atoms. The first-order valence-electron chi connectivity index (χ1n) is 12.6. The zero-order valence-corrected chi connectivity index (χ0v) is 22.0. The van der Waals surface area contributed by atoms with E-state index in [1.54, 1.807) is 27.6 Å². The molecule has 0 fully saturated rings. The fraction of sp³-hybridized carbons (Fsp3) is 0.161. The molecule has 0 aliphatic rings. The summed E-state index contributed by atoms with van der Waals surface area (Å²) in [5.41, 5.74) is 3.98. The van der Waals surface area contributed by atoms with Crippen molar-refractivity contribution < 1.29 is 14.6 Å². The first kappa shape index (κ1) is 25.8. The van der Waals surface area contributed by atoms with Crippen molar-refractivity contribution in [2.24, 2.45) is 0 Å². The highest BCUT2D eigenvalue weighted by molar-refractivity contribution is 5.79. The molecule has 0 radical (unpaired) electrons. The summed E-state index contributed by atoms with van der Waals surface area (Å²) < 4.78 is 15.2. The minimum absolute atomic E-state index is 0.0636. The monoisotopic (exact) mass is 522 g/mol. The molecular formula is C31H30N4O4. The van der Waals surface area contributed by atoms with E-state index in [1.165, 1.54) is 6.08 Å². The summed E-state index contributed by atoms with van der Waals surface area (Å²) in [6.45, 7) is 9.48. The Bertz CT molecular complexity index is 1700. The van der Waals surface area contributed by atoms with Crippen LogP contribution in [-0.2, 0) is 0 Å². The lowest BCUT2D eigenvalue weighted by atomic mass is 10.2. The maximum Gasteiger partial charge on any atom is 0.338 e. The zero-order chi connectivity index (χ0) is 27.5. The van der Waals surface area contributed by atoms with Crippen LogP contribution in [0.5, 0.6) is 17.2 Å². The SMILES string of the molecule is C=CC(O)Nc1cccc(-n2c(=O)n(-c3ccc(Oc4cccc(OC(C)C)c4)c(C)c3)c3cnccc32)c1. The number of fused-ring (bicyclic) bond motifs is 1. The van der Waals surface area contributed by atoms with Crippen molar-refractivity contribution in [2.45, 2.75) is 33.1 Å². The first-order chi connectivity index (χ1) is 18.8. The summed E-state index contributed by atoms with van der Waals surface area (Å²) in [5.74, 6) is 2.08. The van der Waals surface area contributed by atoms with Crippen molar-refractivity contribution >= 4 is 16.7 Å². The van der Waals surface area contributed by atoms with Crippen LogP contribution in [0.3, 0.4) is 0 Å². The zero-order valence-electron chi connectivity index (χ0n) is 22.0. The third-order valence-electron chi connectivity index (χ3n) is 6.11. The van der Waals surface area contributed by atoms with E-state index in [1.807, 2.05) is 87.5 Å². The normalized spacial score (nSPS) is 11.9. The van der Waals surface area contributed by atoms with Gasteiger partial charge in [0.25, 0.3) is 0 Å². The van der Waals surface area contributed by atoms with Gasteiger partial charge in [-0.1, -0.05) is 18.7 Å². The van der Waals surface area contributed by atoms with Gasteiger partial charge in [-0.25, -0.2) is 4.79 Å². The summed E-state index contributed by atoms with van der Waals surface area (Å²) in [4.78, 5) is 18.1. The third kappa shape index (κ3) is 5.42. The Balaban J connectivity index is 1.53. The van der Waals surface area contributed by atoms with Crippen molar-refractivity contribution in [3.05, 3.63) is 114 Å². The first-order valence-corrected chi connectivity index (χ1v) is 12.6. The van der Waals surface area contributed by atoms with Crippen LogP contribution >= 0.6 is 0 Å². The van der Waals surface area contributed by atoms with Crippen LogP contribution in [0.25, 0.3) is 22.4 Å². The van der Waals surface area contributed by atoms with Gasteiger partial charge in [0.05, 0.1) is 34.7 Å². The van der Waals surface area contributed by atoms with Gasteiger partial charge in [-0.15, -0.1) is 0 Å². The van der Waals surface area contributed by atoms with E-state index >= 15 is 0 Å². The van der Waals surface area contributed by atoms with Crippen LogP contribution in [-0.4, -0.2) is 31.6 Å². The number of pyridine rings is 1. The molecule has 8 heteroatoms. The van der Waals surface area contributed by atoms with Crippen LogP contribution in [0.4, 0.5) is 5.69 Å². The van der Waals surface area contributed by atoms with E-state index in [-0.39, 0.29) is 11.8 Å². The lowest BCUT2D eigenvalue weighted by Gasteiger charge is -2.13. The van der Waals surface area contributed by atoms with E-state index in [2.05, 4.69) is 16.9 Å². The Hall–Kier alpha value is -4.82. The molecule has 1 unspecified atom stereocenters. The summed E-state index contributed by atoms with van der Waals surface area (Å²) >= 11 is 0. The molecule has 198 valence electrons. The molecular weight excluding hydrogens is 492 g/mol. The maximum atomic E-state index is 13.9. The van der Waals surface area contributed by atoms with E-state index in [0.717, 1.165) is 11.3 Å². The smallest absolute Gasteiger partial charge is 0.338 e. The van der Waals surface area contributed by atoms with Gasteiger partial charge in [0.2, 0.25) is 0 Å². The molecule has 0 amide bonds. The van der Waals surface area contributed by atoms with Gasteiger partial charge in [-0.2, -0.15) is 0 Å². The summed E-state index contributed by atoms with van der Waals surface area (Å²) in [6.07, 6.45) is 3.88. The number of anilines is 1. The number of ether oxygens (including phenoxy) is 2. The quantitative estimate of drug-likeness (QED) is 0.183. The molecule has 0 saturated carbocycles. The molecule has 0 saturated heterocycles. The Kier molecular flexibility index (Phi) is 7.21. The highest BCUT2D eigenvalue weighted by Gasteiger charge is 2.17. The highest BCUT2D eigenvalue weighted by atomic mass is 16.5. The van der Waals surface area contributed by atoms with E-state index in [9.17, 15) is 9.90 Å². The van der Waals surface area contributed by atoms with Crippen LogP contribution in [0, 0.1) is 6.92 Å². The largest absolute Gasteiger partial charge is 0.491 e. The van der Waals surface area contributed by atoms with Crippen molar-refractivity contribution in [3.63, 3.8) is 0 Å². The number of imidazole rings is 1. The number of aromatic nitrogens is 3. The number of hydrogen-bond donors (Lipinski definition) is 2. The second-order valence-corrected chi connectivity index (χ2v) is 9.39. The molecule has 1 atom stereocenters. The van der Waals surface area contributed by atoms with Crippen molar-refractivity contribution in [2.75, 3.05) is 5.32 Å². The maximum absolute atomic E-state index is 13.9. The van der Waals surface area contributed by atoms with Crippen LogP contribution in [0.1, 0.15) is 19.4 Å². The van der Waals surface area contributed by atoms with E-state index < -0.39 is 6.23 Å². The highest BCUT2D eigenvalue weighted by Crippen LogP contribution is 2.30. The molecule has 39 heavy (non-hydrogen) atoms. The minimum Gasteiger partial charge on any atom is -0.491 e. The number of benzene rings is 3. The van der Waals surface area contributed by atoms with Gasteiger partial charge in [0.15, 0.2) is 0 Å². The summed E-state index contributed by atoms with van der Waals surface area (Å²) in [5, 5.41) is 12.9. The predicted octanol–water partition coefficient (Wildman–Crippen LogP) is 5.98. The Morgan fingerprint density at radius 1 is 0.949 bits per heavy atom. The lowest BCUT2D eigenvalue weighted by Crippen LogP contribution is -2.22. The number of hydrogen-bond acceptors (Lipinski definition) is 6. The molecule has 8 nitrogen and oxygen atoms in total. The molecule has 2 aromatic heterocycles. The molecule has 5 aromatic rings. The van der Waals surface area contributed by atoms with Gasteiger partial charge >= 0.3 is 5.69 Å². The van der Waals surface area contributed by atoms with Crippen molar-refractivity contribution in [3.8, 4) is 28.6 Å². The predicted molar refractivity (Wildman–Crippen MR) is 154 cm³/mol. The fourth-order valence-electron chi connectivity index (χ4n) is 4.41. The van der Waals surface area contributed by atoms with Gasteiger partial charge in [-0.05, 0) is 87.0 Å².